The number of halogens is 1. The number of hydrogen-bond donors (Lipinski definition) is 0. The van der Waals surface area contributed by atoms with Crippen molar-refractivity contribution in [3.63, 3.8) is 0 Å². The third-order valence-corrected chi connectivity index (χ3v) is 4.80. The maximum absolute atomic E-state index is 12.5. The Hall–Kier alpha value is -3.03. The largest absolute Gasteiger partial charge is 0.346 e. The fourth-order valence-corrected chi connectivity index (χ4v) is 3.21. The molecule has 0 radical (unpaired) electrons. The highest BCUT2D eigenvalue weighted by atomic mass is 35.5. The van der Waals surface area contributed by atoms with Crippen molar-refractivity contribution in [1.29, 1.82) is 5.26 Å². The third-order valence-electron chi connectivity index (χ3n) is 4.43. The molecule has 4 nitrogen and oxygen atoms in total. The quantitative estimate of drug-likeness (QED) is 0.575. The SMILES string of the molecule is CN(Cc1ccccc1Cl)C(=O)/C=C/c1cn(CCC#N)c2ccccc12. The topological polar surface area (TPSA) is 49.0 Å². The monoisotopic (exact) mass is 377 g/mol. The van der Waals surface area contributed by atoms with Crippen LogP contribution >= 0.6 is 11.6 Å². The number of amides is 1. The number of fused-ring (bicyclic) bond motifs is 1. The lowest BCUT2D eigenvalue weighted by Crippen LogP contribution is -2.24. The first-order chi connectivity index (χ1) is 13.1. The van der Waals surface area contributed by atoms with Crippen LogP contribution < -0.4 is 0 Å². The number of nitriles is 1. The van der Waals surface area contributed by atoms with Gasteiger partial charge in [0.1, 0.15) is 0 Å². The Morgan fingerprint density at radius 1 is 1.22 bits per heavy atom. The number of likely N-dealkylation sites (N-methyl/N-ethyl adjacent to an activating group) is 1. The van der Waals surface area contributed by atoms with E-state index >= 15 is 0 Å². The van der Waals surface area contributed by atoms with Gasteiger partial charge in [0.25, 0.3) is 0 Å². The predicted molar refractivity (Wildman–Crippen MR) is 109 cm³/mol. The molecule has 1 heterocycles. The second-order valence-electron chi connectivity index (χ2n) is 6.32. The van der Waals surface area contributed by atoms with Gasteiger partial charge in [-0.2, -0.15) is 5.26 Å². The number of nitrogens with zero attached hydrogens (tertiary/aromatic N) is 3. The van der Waals surface area contributed by atoms with Crippen molar-refractivity contribution in [2.75, 3.05) is 7.05 Å². The molecule has 1 amide bonds. The summed E-state index contributed by atoms with van der Waals surface area (Å²) in [5, 5.41) is 10.6. The zero-order chi connectivity index (χ0) is 19.2. The van der Waals surface area contributed by atoms with Gasteiger partial charge in [-0.3, -0.25) is 4.79 Å². The first-order valence-electron chi connectivity index (χ1n) is 8.71. The number of carbonyl (C=O) groups excluding carboxylic acids is 1. The van der Waals surface area contributed by atoms with E-state index in [1.54, 1.807) is 18.0 Å². The highest BCUT2D eigenvalue weighted by molar-refractivity contribution is 6.31. The maximum Gasteiger partial charge on any atom is 0.246 e. The van der Waals surface area contributed by atoms with Crippen molar-refractivity contribution in [3.8, 4) is 6.07 Å². The van der Waals surface area contributed by atoms with Crippen molar-refractivity contribution in [3.05, 3.63) is 77.0 Å². The van der Waals surface area contributed by atoms with Crippen LogP contribution in [0.25, 0.3) is 17.0 Å². The molecule has 27 heavy (non-hydrogen) atoms. The highest BCUT2D eigenvalue weighted by Gasteiger charge is 2.10. The summed E-state index contributed by atoms with van der Waals surface area (Å²) in [6.07, 6.45) is 5.84. The second-order valence-corrected chi connectivity index (χ2v) is 6.73. The molecule has 0 saturated carbocycles. The number of benzene rings is 2. The number of aromatic nitrogens is 1. The normalized spacial score (nSPS) is 11.0. The van der Waals surface area contributed by atoms with Gasteiger partial charge in [-0.25, -0.2) is 0 Å². The molecule has 3 rings (SSSR count). The van der Waals surface area contributed by atoms with Gasteiger partial charge >= 0.3 is 0 Å². The van der Waals surface area contributed by atoms with E-state index in [0.717, 1.165) is 22.0 Å². The molecule has 5 heteroatoms. The molecule has 0 bridgehead atoms. The Morgan fingerprint density at radius 2 is 1.96 bits per heavy atom. The van der Waals surface area contributed by atoms with Gasteiger partial charge in [-0.15, -0.1) is 0 Å². The van der Waals surface area contributed by atoms with Crippen LogP contribution in [0.1, 0.15) is 17.5 Å². The van der Waals surface area contributed by atoms with E-state index in [1.165, 1.54) is 0 Å². The Balaban J connectivity index is 1.78. The van der Waals surface area contributed by atoms with Crippen LogP contribution in [0.4, 0.5) is 0 Å². The average Bonchev–Trinajstić information content (AvgIpc) is 3.04. The van der Waals surface area contributed by atoms with Crippen LogP contribution in [0.5, 0.6) is 0 Å². The Labute approximate surface area is 163 Å². The molecule has 2 aromatic carbocycles. The Bertz CT molecular complexity index is 1030. The van der Waals surface area contributed by atoms with E-state index in [2.05, 4.69) is 10.6 Å². The summed E-state index contributed by atoms with van der Waals surface area (Å²) in [7, 11) is 1.76. The fraction of sp³-hybridized carbons (Fsp3) is 0.182. The zero-order valence-corrected chi connectivity index (χ0v) is 15.9. The summed E-state index contributed by atoms with van der Waals surface area (Å²) < 4.78 is 2.05. The van der Waals surface area contributed by atoms with Crippen LogP contribution in [-0.2, 0) is 17.9 Å². The second kappa shape index (κ2) is 8.57. The summed E-state index contributed by atoms with van der Waals surface area (Å²) >= 11 is 6.17. The molecule has 0 spiro atoms. The van der Waals surface area contributed by atoms with Crippen molar-refractivity contribution >= 4 is 34.5 Å². The van der Waals surface area contributed by atoms with Gasteiger partial charge in [-0.05, 0) is 23.8 Å². The lowest BCUT2D eigenvalue weighted by molar-refractivity contribution is -0.125. The fourth-order valence-electron chi connectivity index (χ4n) is 3.01. The van der Waals surface area contributed by atoms with E-state index in [-0.39, 0.29) is 5.91 Å². The molecule has 0 aliphatic carbocycles. The van der Waals surface area contributed by atoms with Crippen LogP contribution in [0.15, 0.2) is 60.8 Å². The molecule has 0 aliphatic rings. The minimum atomic E-state index is -0.0937. The van der Waals surface area contributed by atoms with Crippen LogP contribution in [0.3, 0.4) is 0 Å². The molecule has 0 aliphatic heterocycles. The van der Waals surface area contributed by atoms with Gasteiger partial charge in [-0.1, -0.05) is 48.0 Å². The number of hydrogen-bond acceptors (Lipinski definition) is 2. The molecule has 0 unspecified atom stereocenters. The molecular formula is C22H20ClN3O. The van der Waals surface area contributed by atoms with Gasteiger partial charge < -0.3 is 9.47 Å². The third kappa shape index (κ3) is 4.39. The summed E-state index contributed by atoms with van der Waals surface area (Å²) in [6, 6.07) is 17.7. The predicted octanol–water partition coefficient (Wildman–Crippen LogP) is 4.88. The number of aryl methyl sites for hydroxylation is 1. The molecule has 0 saturated heterocycles. The summed E-state index contributed by atoms with van der Waals surface area (Å²) in [4.78, 5) is 14.1. The lowest BCUT2D eigenvalue weighted by atomic mass is 10.1. The van der Waals surface area contributed by atoms with E-state index in [1.807, 2.05) is 60.8 Å². The van der Waals surface area contributed by atoms with E-state index in [9.17, 15) is 4.79 Å². The van der Waals surface area contributed by atoms with Gasteiger partial charge in [0, 0.05) is 53.9 Å². The minimum absolute atomic E-state index is 0.0937. The van der Waals surface area contributed by atoms with Crippen LogP contribution in [-0.4, -0.2) is 22.4 Å². The Kier molecular flexibility index (Phi) is 5.95. The minimum Gasteiger partial charge on any atom is -0.346 e. The standard InChI is InChI=1S/C22H20ClN3O/c1-25(15-18-7-2-4-9-20(18)23)22(27)12-11-17-16-26(14-6-13-24)21-10-5-3-8-19(17)21/h2-5,7-12,16H,6,14-15H2,1H3/b12-11+. The number of carbonyl (C=O) groups is 1. The van der Waals surface area contributed by atoms with E-state index < -0.39 is 0 Å². The Morgan fingerprint density at radius 3 is 2.74 bits per heavy atom. The van der Waals surface area contributed by atoms with Crippen LogP contribution in [0, 0.1) is 11.3 Å². The van der Waals surface area contributed by atoms with Gasteiger partial charge in [0.05, 0.1) is 12.5 Å². The molecule has 0 N–H and O–H groups in total. The summed E-state index contributed by atoms with van der Waals surface area (Å²) in [5.74, 6) is -0.0937. The summed E-state index contributed by atoms with van der Waals surface area (Å²) in [5.41, 5.74) is 2.93. The number of para-hydroxylation sites is 1. The summed E-state index contributed by atoms with van der Waals surface area (Å²) in [6.45, 7) is 1.08. The lowest BCUT2D eigenvalue weighted by Gasteiger charge is -2.16. The van der Waals surface area contributed by atoms with Crippen molar-refractivity contribution in [1.82, 2.24) is 9.47 Å². The maximum atomic E-state index is 12.5. The molecular weight excluding hydrogens is 358 g/mol. The average molecular weight is 378 g/mol. The van der Waals surface area contributed by atoms with Crippen LogP contribution in [0.2, 0.25) is 5.02 Å². The van der Waals surface area contributed by atoms with Gasteiger partial charge in [0.2, 0.25) is 5.91 Å². The smallest absolute Gasteiger partial charge is 0.246 e. The first-order valence-corrected chi connectivity index (χ1v) is 9.09. The van der Waals surface area contributed by atoms with E-state index in [0.29, 0.717) is 24.5 Å². The molecule has 0 atom stereocenters. The molecule has 1 aromatic heterocycles. The molecule has 0 fully saturated rings. The highest BCUT2D eigenvalue weighted by Crippen LogP contribution is 2.23. The van der Waals surface area contributed by atoms with Crippen molar-refractivity contribution in [2.45, 2.75) is 19.5 Å². The van der Waals surface area contributed by atoms with Crippen molar-refractivity contribution in [2.24, 2.45) is 0 Å². The molecule has 136 valence electrons. The molecule has 3 aromatic rings. The first kappa shape index (κ1) is 18.8. The van der Waals surface area contributed by atoms with Crippen molar-refractivity contribution < 1.29 is 4.79 Å². The number of rotatable bonds is 6. The van der Waals surface area contributed by atoms with Gasteiger partial charge in [0.15, 0.2) is 0 Å². The zero-order valence-electron chi connectivity index (χ0n) is 15.1. The van der Waals surface area contributed by atoms with E-state index in [4.69, 9.17) is 16.9 Å².